The van der Waals surface area contributed by atoms with Crippen LogP contribution in [0.4, 0.5) is 0 Å². The number of carbonyl (C=O) groups excluding carboxylic acids is 2. The Morgan fingerprint density at radius 2 is 1.93 bits per heavy atom. The van der Waals surface area contributed by atoms with Gasteiger partial charge in [-0.3, -0.25) is 9.59 Å². The molecule has 0 aliphatic carbocycles. The predicted octanol–water partition coefficient (Wildman–Crippen LogP) is 4.09. The first-order chi connectivity index (χ1) is 14.1. The fourth-order valence-corrected chi connectivity index (χ4v) is 3.47. The van der Waals surface area contributed by atoms with Gasteiger partial charge in [0, 0.05) is 30.1 Å². The maximum atomic E-state index is 12.4. The number of esters is 1. The summed E-state index contributed by atoms with van der Waals surface area (Å²) in [6.07, 6.45) is 1.73. The van der Waals surface area contributed by atoms with Gasteiger partial charge in [-0.15, -0.1) is 0 Å². The Hall–Kier alpha value is -3.12. The highest BCUT2D eigenvalue weighted by atomic mass is 35.5. The molecule has 1 aliphatic rings. The van der Waals surface area contributed by atoms with Gasteiger partial charge in [-0.1, -0.05) is 60.1 Å². The lowest BCUT2D eigenvalue weighted by Gasteiger charge is -2.17. The lowest BCUT2D eigenvalue weighted by Crippen LogP contribution is -2.26. The second-order valence-electron chi connectivity index (χ2n) is 6.86. The molecule has 29 heavy (non-hydrogen) atoms. The number of rotatable bonds is 6. The van der Waals surface area contributed by atoms with Gasteiger partial charge in [0.1, 0.15) is 0 Å². The molecule has 0 saturated carbocycles. The molecule has 0 N–H and O–H groups in total. The van der Waals surface area contributed by atoms with E-state index in [2.05, 4.69) is 4.98 Å². The van der Waals surface area contributed by atoms with Crippen LogP contribution >= 0.6 is 11.6 Å². The minimum absolute atomic E-state index is 0.0686. The zero-order chi connectivity index (χ0) is 20.2. The molecule has 1 aromatic heterocycles. The van der Waals surface area contributed by atoms with Crippen LogP contribution in [0, 0.1) is 5.92 Å². The zero-order valence-corrected chi connectivity index (χ0v) is 16.3. The maximum Gasteiger partial charge on any atom is 0.311 e. The van der Waals surface area contributed by atoms with Crippen LogP contribution in [0.15, 0.2) is 65.2 Å². The lowest BCUT2D eigenvalue weighted by molar-refractivity contribution is -0.150. The van der Waals surface area contributed by atoms with Crippen LogP contribution < -0.4 is 0 Å². The molecule has 1 atom stereocenters. The summed E-state index contributed by atoms with van der Waals surface area (Å²) in [6.45, 7) is 0.618. The first-order valence-electron chi connectivity index (χ1n) is 9.28. The third-order valence-electron chi connectivity index (χ3n) is 4.82. The van der Waals surface area contributed by atoms with Gasteiger partial charge in [0.05, 0.1) is 12.1 Å². The Kier molecular flexibility index (Phi) is 5.62. The Morgan fingerprint density at radius 1 is 1.17 bits per heavy atom. The van der Waals surface area contributed by atoms with Crippen LogP contribution in [0.5, 0.6) is 0 Å². The summed E-state index contributed by atoms with van der Waals surface area (Å²) < 4.78 is 11.0. The summed E-state index contributed by atoms with van der Waals surface area (Å²) in [7, 11) is 0. The molecule has 1 fully saturated rings. The summed E-state index contributed by atoms with van der Waals surface area (Å²) in [4.78, 5) is 30.5. The molecule has 4 rings (SSSR count). The Labute approximate surface area is 173 Å². The molecule has 0 bridgehead atoms. The smallest absolute Gasteiger partial charge is 0.311 e. The number of amides is 1. The number of likely N-dealkylation sites (tertiary alicyclic amines) is 1. The van der Waals surface area contributed by atoms with E-state index in [1.54, 1.807) is 17.2 Å². The average molecular weight is 411 g/mol. The van der Waals surface area contributed by atoms with Crippen molar-refractivity contribution in [3.63, 3.8) is 0 Å². The van der Waals surface area contributed by atoms with E-state index in [9.17, 15) is 9.59 Å². The van der Waals surface area contributed by atoms with E-state index in [0.717, 1.165) is 11.1 Å². The first-order valence-corrected chi connectivity index (χ1v) is 9.66. The highest BCUT2D eigenvalue weighted by Crippen LogP contribution is 2.25. The fraction of sp³-hybridized carbons (Fsp3) is 0.227. The summed E-state index contributed by atoms with van der Waals surface area (Å²) in [5, 5.41) is 0.601. The number of hydrogen-bond donors (Lipinski definition) is 0. The summed E-state index contributed by atoms with van der Waals surface area (Å²) in [6, 6.07) is 16.9. The summed E-state index contributed by atoms with van der Waals surface area (Å²) in [5.74, 6) is -0.101. The van der Waals surface area contributed by atoms with E-state index in [0.29, 0.717) is 29.8 Å². The summed E-state index contributed by atoms with van der Waals surface area (Å²) >= 11 is 6.17. The molecule has 6 nitrogen and oxygen atoms in total. The SMILES string of the molecule is O=C(OCc1ncc(-c2ccccc2)o1)[C@H]1CC(=O)N(Cc2ccccc2Cl)C1. The molecule has 0 unspecified atom stereocenters. The number of ether oxygens (including phenoxy) is 1. The number of oxazole rings is 1. The van der Waals surface area contributed by atoms with Crippen LogP contribution in [0.2, 0.25) is 5.02 Å². The third kappa shape index (κ3) is 4.49. The molecule has 148 valence electrons. The Balaban J connectivity index is 1.32. The van der Waals surface area contributed by atoms with Crippen molar-refractivity contribution in [3.05, 3.63) is 77.3 Å². The van der Waals surface area contributed by atoms with Crippen molar-refractivity contribution < 1.29 is 18.7 Å². The standard InChI is InChI=1S/C22H19ClN2O4/c23-18-9-5-4-8-16(18)12-25-13-17(10-21(25)26)22(27)28-14-20-24-11-19(29-20)15-6-2-1-3-7-15/h1-9,11,17H,10,12-14H2/t17-/m0/s1. The molecule has 2 aromatic carbocycles. The number of halogens is 1. The molecule has 1 aliphatic heterocycles. The molecule has 1 amide bonds. The molecule has 7 heteroatoms. The lowest BCUT2D eigenvalue weighted by atomic mass is 10.1. The molecule has 0 spiro atoms. The van der Waals surface area contributed by atoms with Crippen molar-refractivity contribution in [3.8, 4) is 11.3 Å². The molecular weight excluding hydrogens is 392 g/mol. The Bertz CT molecular complexity index is 1020. The summed E-state index contributed by atoms with van der Waals surface area (Å²) in [5.41, 5.74) is 1.75. The molecule has 3 aromatic rings. The number of aromatic nitrogens is 1. The predicted molar refractivity (Wildman–Crippen MR) is 107 cm³/mol. The van der Waals surface area contributed by atoms with E-state index < -0.39 is 11.9 Å². The largest absolute Gasteiger partial charge is 0.455 e. The van der Waals surface area contributed by atoms with Gasteiger partial charge in [0.15, 0.2) is 12.4 Å². The van der Waals surface area contributed by atoms with E-state index in [4.69, 9.17) is 20.8 Å². The van der Waals surface area contributed by atoms with Gasteiger partial charge in [-0.2, -0.15) is 0 Å². The van der Waals surface area contributed by atoms with Crippen LogP contribution in [0.1, 0.15) is 17.9 Å². The fourth-order valence-electron chi connectivity index (χ4n) is 3.28. The van der Waals surface area contributed by atoms with Gasteiger partial charge < -0.3 is 14.1 Å². The highest BCUT2D eigenvalue weighted by Gasteiger charge is 2.35. The molecule has 1 saturated heterocycles. The van der Waals surface area contributed by atoms with Crippen LogP contribution in [0.3, 0.4) is 0 Å². The van der Waals surface area contributed by atoms with E-state index in [-0.39, 0.29) is 18.9 Å². The second-order valence-corrected chi connectivity index (χ2v) is 7.27. The van der Waals surface area contributed by atoms with E-state index in [1.807, 2.05) is 48.5 Å². The van der Waals surface area contributed by atoms with Crippen LogP contribution in [0.25, 0.3) is 11.3 Å². The second kappa shape index (κ2) is 8.49. The zero-order valence-electron chi connectivity index (χ0n) is 15.6. The van der Waals surface area contributed by atoms with Gasteiger partial charge in [0.2, 0.25) is 11.8 Å². The average Bonchev–Trinajstić information content (AvgIpc) is 3.36. The van der Waals surface area contributed by atoms with Crippen molar-refractivity contribution in [2.45, 2.75) is 19.6 Å². The van der Waals surface area contributed by atoms with Crippen molar-refractivity contribution in [1.82, 2.24) is 9.88 Å². The van der Waals surface area contributed by atoms with Crippen LogP contribution in [-0.4, -0.2) is 28.3 Å². The Morgan fingerprint density at radius 3 is 2.72 bits per heavy atom. The monoisotopic (exact) mass is 410 g/mol. The van der Waals surface area contributed by atoms with Gasteiger partial charge in [-0.05, 0) is 11.6 Å². The number of benzene rings is 2. The molecular formula is C22H19ClN2O4. The number of nitrogens with zero attached hydrogens (tertiary/aromatic N) is 2. The first kappa shape index (κ1) is 19.2. The number of hydrogen-bond acceptors (Lipinski definition) is 5. The van der Waals surface area contributed by atoms with Crippen molar-refractivity contribution in [2.24, 2.45) is 5.92 Å². The van der Waals surface area contributed by atoms with Gasteiger partial charge in [-0.25, -0.2) is 4.98 Å². The van der Waals surface area contributed by atoms with Crippen molar-refractivity contribution in [2.75, 3.05) is 6.54 Å². The van der Waals surface area contributed by atoms with E-state index in [1.165, 1.54) is 0 Å². The normalized spacial score (nSPS) is 16.2. The third-order valence-corrected chi connectivity index (χ3v) is 5.19. The van der Waals surface area contributed by atoms with Crippen molar-refractivity contribution >= 4 is 23.5 Å². The maximum absolute atomic E-state index is 12.4. The van der Waals surface area contributed by atoms with Crippen LogP contribution in [-0.2, 0) is 27.5 Å². The molecule has 2 heterocycles. The van der Waals surface area contributed by atoms with E-state index >= 15 is 0 Å². The topological polar surface area (TPSA) is 72.6 Å². The quantitative estimate of drug-likeness (QED) is 0.572. The highest BCUT2D eigenvalue weighted by molar-refractivity contribution is 6.31. The van der Waals surface area contributed by atoms with Gasteiger partial charge in [0.25, 0.3) is 0 Å². The molecule has 0 radical (unpaired) electrons. The minimum Gasteiger partial charge on any atom is -0.455 e. The van der Waals surface area contributed by atoms with Gasteiger partial charge >= 0.3 is 5.97 Å². The van der Waals surface area contributed by atoms with Crippen molar-refractivity contribution in [1.29, 1.82) is 0 Å². The number of carbonyl (C=O) groups is 2. The minimum atomic E-state index is -0.506.